The van der Waals surface area contributed by atoms with Crippen molar-refractivity contribution in [2.75, 3.05) is 5.01 Å². The van der Waals surface area contributed by atoms with Crippen molar-refractivity contribution in [3.63, 3.8) is 0 Å². The van der Waals surface area contributed by atoms with Crippen molar-refractivity contribution in [1.29, 1.82) is 0 Å². The smallest absolute Gasteiger partial charge is 0.0708 e. The van der Waals surface area contributed by atoms with Gasteiger partial charge in [0.1, 0.15) is 0 Å². The Hall–Kier alpha value is -2.74. The first-order valence-electron chi connectivity index (χ1n) is 6.73. The average Bonchev–Trinajstić information content (AvgIpc) is 2.55. The van der Waals surface area contributed by atoms with Crippen molar-refractivity contribution in [3.8, 4) is 0 Å². The quantitative estimate of drug-likeness (QED) is 0.754. The number of para-hydroxylation sites is 1. The first-order valence-corrected chi connectivity index (χ1v) is 6.73. The van der Waals surface area contributed by atoms with Crippen LogP contribution in [0.5, 0.6) is 0 Å². The molecule has 0 bridgehead atoms. The molecule has 2 nitrogen and oxygen atoms in total. The van der Waals surface area contributed by atoms with Crippen molar-refractivity contribution in [1.82, 2.24) is 5.01 Å². The third-order valence-electron chi connectivity index (χ3n) is 3.59. The first kappa shape index (κ1) is 11.1. The number of benzene rings is 2. The lowest BCUT2D eigenvalue weighted by Gasteiger charge is -2.40. The predicted molar refractivity (Wildman–Crippen MR) is 83.4 cm³/mol. The van der Waals surface area contributed by atoms with Gasteiger partial charge in [-0.3, -0.25) is 10.0 Å². The molecule has 2 aliphatic heterocycles. The lowest BCUT2D eigenvalue weighted by atomic mass is 10.0. The highest BCUT2D eigenvalue weighted by atomic mass is 15.6. The van der Waals surface area contributed by atoms with Crippen LogP contribution < -0.4 is 5.01 Å². The molecule has 2 aliphatic rings. The van der Waals surface area contributed by atoms with Gasteiger partial charge < -0.3 is 0 Å². The molecule has 0 saturated heterocycles. The summed E-state index contributed by atoms with van der Waals surface area (Å²) in [5, 5.41) is 4.36. The zero-order chi connectivity index (χ0) is 13.4. The van der Waals surface area contributed by atoms with Crippen LogP contribution in [0.2, 0.25) is 0 Å². The summed E-state index contributed by atoms with van der Waals surface area (Å²) in [4.78, 5) is 0. The van der Waals surface area contributed by atoms with Crippen LogP contribution in [-0.2, 0) is 0 Å². The van der Waals surface area contributed by atoms with E-state index >= 15 is 0 Å². The van der Waals surface area contributed by atoms with Crippen LogP contribution in [0.3, 0.4) is 0 Å². The van der Waals surface area contributed by atoms with Gasteiger partial charge in [0.25, 0.3) is 0 Å². The maximum absolute atomic E-state index is 2.24. The first-order chi connectivity index (χ1) is 9.93. The molecule has 4 rings (SSSR count). The van der Waals surface area contributed by atoms with Crippen molar-refractivity contribution >= 4 is 17.5 Å². The molecule has 0 unspecified atom stereocenters. The highest BCUT2D eigenvalue weighted by Crippen LogP contribution is 2.37. The number of hydrazine groups is 1. The molecule has 0 amide bonds. The number of hydrogen-bond acceptors (Lipinski definition) is 2. The van der Waals surface area contributed by atoms with E-state index < -0.39 is 0 Å². The minimum atomic E-state index is 1.19. The molecular weight excluding hydrogens is 244 g/mol. The molecule has 2 aromatic carbocycles. The van der Waals surface area contributed by atoms with E-state index in [-0.39, 0.29) is 0 Å². The topological polar surface area (TPSA) is 6.48 Å². The monoisotopic (exact) mass is 258 g/mol. The molecule has 96 valence electrons. The van der Waals surface area contributed by atoms with Crippen LogP contribution in [0.1, 0.15) is 11.1 Å². The summed E-state index contributed by atoms with van der Waals surface area (Å²) in [7, 11) is 0. The second-order valence-electron chi connectivity index (χ2n) is 4.83. The number of anilines is 1. The minimum Gasteiger partial charge on any atom is -0.256 e. The molecule has 2 aromatic rings. The van der Waals surface area contributed by atoms with Gasteiger partial charge in [-0.2, -0.15) is 0 Å². The van der Waals surface area contributed by atoms with Gasteiger partial charge in [0.15, 0.2) is 0 Å². The molecule has 0 spiro atoms. The summed E-state index contributed by atoms with van der Waals surface area (Å²) in [5.41, 5.74) is 4.84. The van der Waals surface area contributed by atoms with E-state index in [1.807, 2.05) is 6.07 Å². The van der Waals surface area contributed by atoms with Crippen LogP contribution in [-0.4, -0.2) is 5.01 Å². The molecule has 0 N–H and O–H groups in total. The van der Waals surface area contributed by atoms with E-state index in [4.69, 9.17) is 0 Å². The molecule has 0 saturated carbocycles. The SMILES string of the molecule is C1=CN2C(c3ccccc3)=Cc3ccccc3N2C=C1. The molecule has 0 aromatic heterocycles. The van der Waals surface area contributed by atoms with Gasteiger partial charge in [-0.25, -0.2) is 0 Å². The average molecular weight is 258 g/mol. The molecule has 0 fully saturated rings. The summed E-state index contributed by atoms with van der Waals surface area (Å²) >= 11 is 0. The zero-order valence-electron chi connectivity index (χ0n) is 11.0. The second-order valence-corrected chi connectivity index (χ2v) is 4.83. The summed E-state index contributed by atoms with van der Waals surface area (Å²) in [5.74, 6) is 0. The Bertz CT molecular complexity index is 726. The Morgan fingerprint density at radius 3 is 2.20 bits per heavy atom. The molecule has 20 heavy (non-hydrogen) atoms. The van der Waals surface area contributed by atoms with Crippen molar-refractivity contribution in [3.05, 3.63) is 90.3 Å². The van der Waals surface area contributed by atoms with Gasteiger partial charge in [-0.15, -0.1) is 0 Å². The largest absolute Gasteiger partial charge is 0.256 e. The number of fused-ring (bicyclic) bond motifs is 3. The predicted octanol–water partition coefficient (Wildman–Crippen LogP) is 4.26. The summed E-state index contributed by atoms with van der Waals surface area (Å²) < 4.78 is 0. The lowest BCUT2D eigenvalue weighted by Crippen LogP contribution is -2.37. The maximum Gasteiger partial charge on any atom is 0.0708 e. The van der Waals surface area contributed by atoms with Gasteiger partial charge in [0.2, 0.25) is 0 Å². The van der Waals surface area contributed by atoms with Crippen LogP contribution in [0.25, 0.3) is 11.8 Å². The van der Waals surface area contributed by atoms with Crippen molar-refractivity contribution in [2.24, 2.45) is 0 Å². The third-order valence-corrected chi connectivity index (χ3v) is 3.59. The van der Waals surface area contributed by atoms with E-state index in [0.29, 0.717) is 0 Å². The Morgan fingerprint density at radius 1 is 0.650 bits per heavy atom. The summed E-state index contributed by atoms with van der Waals surface area (Å²) in [6.07, 6.45) is 10.5. The molecule has 0 atom stereocenters. The normalized spacial score (nSPS) is 15.7. The van der Waals surface area contributed by atoms with Crippen LogP contribution in [0.4, 0.5) is 5.69 Å². The molecule has 2 heteroatoms. The number of rotatable bonds is 1. The van der Waals surface area contributed by atoms with Gasteiger partial charge >= 0.3 is 0 Å². The highest BCUT2D eigenvalue weighted by molar-refractivity contribution is 5.89. The van der Waals surface area contributed by atoms with Crippen LogP contribution in [0.15, 0.2) is 79.1 Å². The van der Waals surface area contributed by atoms with E-state index in [0.717, 1.165) is 0 Å². The zero-order valence-corrected chi connectivity index (χ0v) is 11.0. The molecule has 2 heterocycles. The Balaban J connectivity index is 1.92. The van der Waals surface area contributed by atoms with Gasteiger partial charge in [0.05, 0.1) is 11.4 Å². The summed E-state index contributed by atoms with van der Waals surface area (Å²) in [6.45, 7) is 0. The van der Waals surface area contributed by atoms with Crippen molar-refractivity contribution < 1.29 is 0 Å². The third kappa shape index (κ3) is 1.66. The van der Waals surface area contributed by atoms with E-state index in [1.54, 1.807) is 0 Å². The van der Waals surface area contributed by atoms with Crippen LogP contribution >= 0.6 is 0 Å². The maximum atomic E-state index is 2.24. The lowest BCUT2D eigenvalue weighted by molar-refractivity contribution is 0.529. The summed E-state index contributed by atoms with van der Waals surface area (Å²) in [6, 6.07) is 18.9. The van der Waals surface area contributed by atoms with Gasteiger partial charge in [-0.05, 0) is 24.3 Å². The second kappa shape index (κ2) is 4.42. The minimum absolute atomic E-state index is 1.19. The fraction of sp³-hybridized carbons (Fsp3) is 0. The highest BCUT2D eigenvalue weighted by Gasteiger charge is 2.24. The number of hydrogen-bond donors (Lipinski definition) is 0. The fourth-order valence-electron chi connectivity index (χ4n) is 2.65. The van der Waals surface area contributed by atoms with E-state index in [9.17, 15) is 0 Å². The number of allylic oxidation sites excluding steroid dienone is 2. The fourth-order valence-corrected chi connectivity index (χ4v) is 2.65. The Kier molecular flexibility index (Phi) is 2.46. The van der Waals surface area contributed by atoms with Crippen LogP contribution in [0, 0.1) is 0 Å². The van der Waals surface area contributed by atoms with E-state index in [2.05, 4.69) is 89.2 Å². The Morgan fingerprint density at radius 2 is 1.35 bits per heavy atom. The Labute approximate surface area is 118 Å². The molecular formula is C18H14N2. The number of nitrogens with zero attached hydrogens (tertiary/aromatic N) is 2. The molecule has 0 aliphatic carbocycles. The van der Waals surface area contributed by atoms with Gasteiger partial charge in [0, 0.05) is 23.5 Å². The molecule has 0 radical (unpaired) electrons. The van der Waals surface area contributed by atoms with Crippen molar-refractivity contribution in [2.45, 2.75) is 0 Å². The van der Waals surface area contributed by atoms with E-state index in [1.165, 1.54) is 22.5 Å². The van der Waals surface area contributed by atoms with Gasteiger partial charge in [-0.1, -0.05) is 48.5 Å². The standard InChI is InChI=1S/C18H14N2/c1-2-8-15(9-3-1)18-14-16-10-4-5-11-17(16)19-12-6-7-13-20(18)19/h1-14H.